The van der Waals surface area contributed by atoms with Crippen molar-refractivity contribution in [3.05, 3.63) is 166 Å². The quantitative estimate of drug-likeness (QED) is 0.0858. The number of aromatic nitrogens is 1. The molecule has 0 saturated heterocycles. The van der Waals surface area contributed by atoms with Crippen molar-refractivity contribution < 1.29 is 19.1 Å². The Morgan fingerprint density at radius 1 is 0.788 bits per heavy atom. The van der Waals surface area contributed by atoms with E-state index in [4.69, 9.17) is 9.72 Å². The minimum atomic E-state index is -0.570. The summed E-state index contributed by atoms with van der Waals surface area (Å²) in [6, 6.07) is 40.9. The number of hydrogen-bond acceptors (Lipinski definition) is 7. The minimum Gasteiger partial charge on any atom is -0.497 e. The second-order valence-corrected chi connectivity index (χ2v) is 14.2. The Labute approximate surface area is 311 Å². The zero-order valence-corrected chi connectivity index (χ0v) is 30.4. The van der Waals surface area contributed by atoms with Gasteiger partial charge in [0.15, 0.2) is 5.13 Å². The number of carbonyl (C=O) groups excluding carboxylic acids is 3. The Kier molecular flexibility index (Phi) is 11.6. The van der Waals surface area contributed by atoms with E-state index in [9.17, 15) is 14.4 Å². The Balaban J connectivity index is 1.18. The molecule has 0 fully saturated rings. The summed E-state index contributed by atoms with van der Waals surface area (Å²) >= 11 is 2.84. The molecule has 1 atom stereocenters. The molecule has 0 spiro atoms. The second kappa shape index (κ2) is 16.8. The lowest BCUT2D eigenvalue weighted by Crippen LogP contribution is -2.30. The van der Waals surface area contributed by atoms with Gasteiger partial charge in [0.25, 0.3) is 11.8 Å². The van der Waals surface area contributed by atoms with Gasteiger partial charge < -0.3 is 20.7 Å². The fraction of sp³-hybridized carbons (Fsp3) is 0.0952. The number of aryl methyl sites for hydroxylation is 2. The van der Waals surface area contributed by atoms with Crippen LogP contribution in [0.15, 0.2) is 144 Å². The molecule has 1 unspecified atom stereocenters. The lowest BCUT2D eigenvalue weighted by atomic mass is 10.1. The Morgan fingerprint density at radius 2 is 1.48 bits per heavy atom. The van der Waals surface area contributed by atoms with Crippen molar-refractivity contribution in [1.82, 2.24) is 10.3 Å². The molecule has 8 nitrogen and oxygen atoms in total. The van der Waals surface area contributed by atoms with Gasteiger partial charge in [0.2, 0.25) is 5.91 Å². The van der Waals surface area contributed by atoms with E-state index in [1.54, 1.807) is 67.8 Å². The number of amides is 3. The maximum atomic E-state index is 13.8. The predicted octanol–water partition coefficient (Wildman–Crippen LogP) is 9.32. The van der Waals surface area contributed by atoms with Crippen LogP contribution in [0.25, 0.3) is 17.3 Å². The Morgan fingerprint density at radius 3 is 2.17 bits per heavy atom. The molecule has 10 heteroatoms. The van der Waals surface area contributed by atoms with Crippen molar-refractivity contribution in [1.29, 1.82) is 0 Å². The monoisotopic (exact) mass is 724 g/mol. The molecule has 0 radical (unpaired) electrons. The first-order chi connectivity index (χ1) is 25.2. The van der Waals surface area contributed by atoms with Crippen LogP contribution in [0.3, 0.4) is 0 Å². The fourth-order valence-electron chi connectivity index (χ4n) is 5.29. The normalized spacial score (nSPS) is 11.7. The number of nitrogens with zero attached hydrogens (tertiary/aromatic N) is 1. The molecule has 1 aromatic heterocycles. The third-order valence-corrected chi connectivity index (χ3v) is 10.1. The van der Waals surface area contributed by atoms with Crippen LogP contribution in [0.5, 0.6) is 5.75 Å². The Bertz CT molecular complexity index is 2200. The lowest BCUT2D eigenvalue weighted by molar-refractivity contribution is -0.116. The first kappa shape index (κ1) is 35.8. The fourth-order valence-corrected chi connectivity index (χ4v) is 7.16. The summed E-state index contributed by atoms with van der Waals surface area (Å²) in [5, 5.41) is 8.67. The van der Waals surface area contributed by atoms with Crippen LogP contribution >= 0.6 is 23.1 Å². The van der Waals surface area contributed by atoms with Crippen LogP contribution < -0.4 is 20.7 Å². The topological polar surface area (TPSA) is 109 Å². The summed E-state index contributed by atoms with van der Waals surface area (Å²) in [5.41, 5.74) is 5.53. The van der Waals surface area contributed by atoms with Gasteiger partial charge in [-0.25, -0.2) is 4.98 Å². The number of carbonyl (C=O) groups is 3. The number of ether oxygens (including phenoxy) is 1. The van der Waals surface area contributed by atoms with Crippen molar-refractivity contribution in [2.45, 2.75) is 24.0 Å². The van der Waals surface area contributed by atoms with Gasteiger partial charge in [0.1, 0.15) is 16.7 Å². The highest BCUT2D eigenvalue weighted by Crippen LogP contribution is 2.38. The molecule has 3 N–H and O–H groups in total. The molecule has 52 heavy (non-hydrogen) atoms. The summed E-state index contributed by atoms with van der Waals surface area (Å²) in [6.45, 7) is 4.04. The largest absolute Gasteiger partial charge is 0.497 e. The SMILES string of the molecule is COc1cccc(/C=C(\NC(=O)c2ccccc2)C(=O)Nc2ccc(SC(C(=O)Nc3nc(-c4ccc(C)cc4)c(C)s3)c3ccccc3)cc2)c1. The van der Waals surface area contributed by atoms with E-state index in [-0.39, 0.29) is 11.6 Å². The highest BCUT2D eigenvalue weighted by atomic mass is 32.2. The van der Waals surface area contributed by atoms with Gasteiger partial charge in [-0.15, -0.1) is 23.1 Å². The van der Waals surface area contributed by atoms with Gasteiger partial charge in [-0.2, -0.15) is 0 Å². The number of anilines is 2. The van der Waals surface area contributed by atoms with E-state index in [1.807, 2.05) is 92.7 Å². The minimum absolute atomic E-state index is 0.0596. The Hall–Kier alpha value is -5.97. The van der Waals surface area contributed by atoms with Crippen molar-refractivity contribution >= 4 is 57.7 Å². The first-order valence-corrected chi connectivity index (χ1v) is 18.2. The molecule has 0 aliphatic heterocycles. The van der Waals surface area contributed by atoms with Crippen LogP contribution in [0.2, 0.25) is 0 Å². The molecule has 0 aliphatic rings. The number of rotatable bonds is 12. The zero-order chi connectivity index (χ0) is 36.5. The molecule has 0 aliphatic carbocycles. The van der Waals surface area contributed by atoms with Crippen LogP contribution in [0, 0.1) is 13.8 Å². The number of methoxy groups -OCH3 is 1. The van der Waals surface area contributed by atoms with E-state index in [0.717, 1.165) is 26.6 Å². The van der Waals surface area contributed by atoms with Gasteiger partial charge in [0, 0.05) is 26.6 Å². The van der Waals surface area contributed by atoms with E-state index in [2.05, 4.69) is 16.0 Å². The van der Waals surface area contributed by atoms with E-state index in [1.165, 1.54) is 28.7 Å². The molecule has 6 aromatic rings. The molecule has 0 saturated carbocycles. The average Bonchev–Trinajstić information content (AvgIpc) is 3.54. The van der Waals surface area contributed by atoms with E-state index < -0.39 is 17.1 Å². The summed E-state index contributed by atoms with van der Waals surface area (Å²) in [7, 11) is 1.56. The molecule has 0 bridgehead atoms. The van der Waals surface area contributed by atoms with Crippen molar-refractivity contribution in [2.24, 2.45) is 0 Å². The van der Waals surface area contributed by atoms with Gasteiger partial charge in [-0.1, -0.05) is 90.5 Å². The molecule has 6 rings (SSSR count). The lowest BCUT2D eigenvalue weighted by Gasteiger charge is -2.17. The van der Waals surface area contributed by atoms with Crippen LogP contribution in [0.4, 0.5) is 10.8 Å². The third-order valence-electron chi connectivity index (χ3n) is 7.99. The maximum absolute atomic E-state index is 13.8. The molecular formula is C42H36N4O4S2. The number of hydrogen-bond donors (Lipinski definition) is 3. The number of nitrogens with one attached hydrogen (secondary N) is 3. The van der Waals surface area contributed by atoms with Gasteiger partial charge in [0.05, 0.1) is 12.8 Å². The number of benzene rings is 5. The molecule has 5 aromatic carbocycles. The average molecular weight is 725 g/mol. The standard InChI is InChI=1S/C42H36N4O4S2/c1-27-17-19-30(20-18-27)37-28(2)51-42(45-37)46-41(49)38(31-12-6-4-7-13-31)52-35-23-21-33(22-24-35)43-40(48)36(26-29-11-10-16-34(25-29)50-3)44-39(47)32-14-8-5-9-15-32/h4-26,38H,1-3H3,(H,43,48)(H,44,47)(H,45,46,49)/b36-26-. The van der Waals surface area contributed by atoms with Crippen LogP contribution in [-0.4, -0.2) is 29.8 Å². The third kappa shape index (κ3) is 9.22. The summed E-state index contributed by atoms with van der Waals surface area (Å²) < 4.78 is 5.33. The predicted molar refractivity (Wildman–Crippen MR) is 211 cm³/mol. The summed E-state index contributed by atoms with van der Waals surface area (Å²) in [6.07, 6.45) is 1.60. The van der Waals surface area contributed by atoms with Gasteiger partial charge in [-0.3, -0.25) is 14.4 Å². The first-order valence-electron chi connectivity index (χ1n) is 16.5. The van der Waals surface area contributed by atoms with Crippen LogP contribution in [0.1, 0.15) is 37.2 Å². The maximum Gasteiger partial charge on any atom is 0.272 e. The van der Waals surface area contributed by atoms with Crippen molar-refractivity contribution in [2.75, 3.05) is 17.7 Å². The number of thiazole rings is 1. The number of thioether (sulfide) groups is 1. The van der Waals surface area contributed by atoms with Gasteiger partial charge >= 0.3 is 0 Å². The summed E-state index contributed by atoms with van der Waals surface area (Å²) in [4.78, 5) is 47.1. The van der Waals surface area contributed by atoms with Gasteiger partial charge in [-0.05, 0) is 79.6 Å². The summed E-state index contributed by atoms with van der Waals surface area (Å²) in [5.74, 6) is -0.495. The van der Waals surface area contributed by atoms with Crippen molar-refractivity contribution in [3.63, 3.8) is 0 Å². The van der Waals surface area contributed by atoms with Crippen LogP contribution in [-0.2, 0) is 9.59 Å². The zero-order valence-electron chi connectivity index (χ0n) is 28.8. The smallest absolute Gasteiger partial charge is 0.272 e. The molecule has 260 valence electrons. The molecule has 3 amide bonds. The second-order valence-electron chi connectivity index (χ2n) is 11.8. The highest BCUT2D eigenvalue weighted by molar-refractivity contribution is 8.00. The highest BCUT2D eigenvalue weighted by Gasteiger charge is 2.24. The molecular weight excluding hydrogens is 689 g/mol. The molecule has 1 heterocycles. The van der Waals surface area contributed by atoms with E-state index >= 15 is 0 Å². The van der Waals surface area contributed by atoms with E-state index in [0.29, 0.717) is 27.7 Å². The van der Waals surface area contributed by atoms with Crippen molar-refractivity contribution in [3.8, 4) is 17.0 Å².